The molecule has 292 valence electrons. The summed E-state index contributed by atoms with van der Waals surface area (Å²) in [7, 11) is 3.25. The molecular weight excluding hydrogens is 656 g/mol. The van der Waals surface area contributed by atoms with Crippen molar-refractivity contribution in [2.45, 2.75) is 53.8 Å². The predicted molar refractivity (Wildman–Crippen MR) is 187 cm³/mol. The molecule has 0 spiro atoms. The lowest BCUT2D eigenvalue weighted by atomic mass is 9.97. The number of hydrogen-bond donors (Lipinski definition) is 0. The lowest BCUT2D eigenvalue weighted by Crippen LogP contribution is -2.22. The topological polar surface area (TPSA) is 137 Å². The van der Waals surface area contributed by atoms with Gasteiger partial charge < -0.3 is 61.6 Å². The van der Waals surface area contributed by atoms with Crippen molar-refractivity contribution in [1.82, 2.24) is 0 Å². The van der Waals surface area contributed by atoms with E-state index in [0.29, 0.717) is 122 Å². The maximum absolute atomic E-state index is 12.5. The van der Waals surface area contributed by atoms with E-state index in [1.807, 2.05) is 20.8 Å². The highest BCUT2D eigenvalue weighted by atomic mass is 16.6. The van der Waals surface area contributed by atoms with E-state index in [9.17, 15) is 4.79 Å². The molecule has 14 nitrogen and oxygen atoms in total. The maximum atomic E-state index is 12.5. The molecule has 0 saturated carbocycles. The van der Waals surface area contributed by atoms with Gasteiger partial charge in [-0.25, -0.2) is 0 Å². The van der Waals surface area contributed by atoms with Crippen molar-refractivity contribution in [3.05, 3.63) is 17.7 Å². The Balaban J connectivity index is 2.88. The molecule has 0 saturated heterocycles. The van der Waals surface area contributed by atoms with Crippen LogP contribution in [0.1, 0.15) is 47.1 Å². The first-order valence-corrected chi connectivity index (χ1v) is 17.3. The molecule has 0 aliphatic heterocycles. The number of esters is 1. The quantitative estimate of drug-likeness (QED) is 0.0780. The maximum Gasteiger partial charge on any atom is 0.311 e. The zero-order valence-corrected chi connectivity index (χ0v) is 31.8. The third-order valence-corrected chi connectivity index (χ3v) is 6.25. The molecular formula is C36H64O14. The smallest absolute Gasteiger partial charge is 0.311 e. The van der Waals surface area contributed by atoms with Crippen LogP contribution in [0.15, 0.2) is 12.1 Å². The van der Waals surface area contributed by atoms with Crippen molar-refractivity contribution < 1.29 is 66.4 Å². The van der Waals surface area contributed by atoms with Crippen LogP contribution >= 0.6 is 0 Å². The first kappa shape index (κ1) is 45.8. The highest BCUT2D eigenvalue weighted by molar-refractivity contribution is 5.75. The van der Waals surface area contributed by atoms with E-state index >= 15 is 0 Å². The number of carbonyl (C=O) groups is 1. The Labute approximate surface area is 299 Å². The minimum Gasteiger partial charge on any atom is -0.487 e. The van der Waals surface area contributed by atoms with Gasteiger partial charge in [0, 0.05) is 14.2 Å². The summed E-state index contributed by atoms with van der Waals surface area (Å²) in [4.78, 5) is 12.5. The van der Waals surface area contributed by atoms with Crippen molar-refractivity contribution in [3.63, 3.8) is 0 Å². The standard InChI is InChI=1S/C36H64O14/c1-35(2,3)34(37)49-29-30-27-31(46-23-19-42-15-13-40-11-9-38-7)33(32(28-30)47-24-20-43-16-14-41-12-10-39-8)48-25-21-44-17-18-45-22-26-50-36(4,5)6/h27-28H,9-26,29H2,1-8H3. The Morgan fingerprint density at radius 3 is 1.24 bits per heavy atom. The van der Waals surface area contributed by atoms with Gasteiger partial charge in [0.05, 0.1) is 110 Å². The van der Waals surface area contributed by atoms with Crippen LogP contribution in [0.5, 0.6) is 17.2 Å². The molecule has 0 unspecified atom stereocenters. The van der Waals surface area contributed by atoms with E-state index in [1.165, 1.54) is 0 Å². The monoisotopic (exact) mass is 720 g/mol. The number of carbonyl (C=O) groups excluding carboxylic acids is 1. The van der Waals surface area contributed by atoms with Gasteiger partial charge in [0.25, 0.3) is 0 Å². The summed E-state index contributed by atoms with van der Waals surface area (Å²) in [6.45, 7) is 18.7. The molecule has 14 heteroatoms. The molecule has 1 rings (SSSR count). The predicted octanol–water partition coefficient (Wildman–Crippen LogP) is 4.12. The van der Waals surface area contributed by atoms with Gasteiger partial charge in [0.2, 0.25) is 5.75 Å². The Bertz CT molecular complexity index is 934. The molecule has 0 heterocycles. The molecule has 0 aromatic heterocycles. The van der Waals surface area contributed by atoms with Gasteiger partial charge in [-0.15, -0.1) is 0 Å². The molecule has 0 atom stereocenters. The fourth-order valence-electron chi connectivity index (χ4n) is 3.72. The first-order chi connectivity index (χ1) is 24.0. The van der Waals surface area contributed by atoms with Gasteiger partial charge in [-0.2, -0.15) is 0 Å². The lowest BCUT2D eigenvalue weighted by Gasteiger charge is -2.20. The van der Waals surface area contributed by atoms with Crippen LogP contribution in [-0.2, 0) is 58.8 Å². The summed E-state index contributed by atoms with van der Waals surface area (Å²) in [6, 6.07) is 3.54. The van der Waals surface area contributed by atoms with Crippen molar-refractivity contribution >= 4 is 5.97 Å². The molecule has 0 N–H and O–H groups in total. The molecule has 0 aliphatic rings. The molecule has 0 bridgehead atoms. The van der Waals surface area contributed by atoms with E-state index in [2.05, 4.69) is 0 Å². The summed E-state index contributed by atoms with van der Waals surface area (Å²) in [5.74, 6) is 0.895. The Kier molecular flexibility index (Phi) is 25.9. The third kappa shape index (κ3) is 24.8. The summed E-state index contributed by atoms with van der Waals surface area (Å²) in [6.07, 6.45) is 0. The van der Waals surface area contributed by atoms with Crippen LogP contribution in [0.2, 0.25) is 0 Å². The van der Waals surface area contributed by atoms with E-state index in [-0.39, 0.29) is 38.0 Å². The number of hydrogen-bond acceptors (Lipinski definition) is 14. The van der Waals surface area contributed by atoms with Gasteiger partial charge in [0.1, 0.15) is 26.4 Å². The van der Waals surface area contributed by atoms with Crippen LogP contribution in [-0.4, -0.2) is 145 Å². The van der Waals surface area contributed by atoms with Crippen molar-refractivity contribution in [2.75, 3.05) is 133 Å². The first-order valence-electron chi connectivity index (χ1n) is 17.3. The minimum absolute atomic E-state index is 0.0254. The molecule has 0 fully saturated rings. The summed E-state index contributed by atoms with van der Waals surface area (Å²) in [5.41, 5.74) is -0.179. The van der Waals surface area contributed by atoms with Crippen molar-refractivity contribution in [2.24, 2.45) is 5.41 Å². The molecule has 50 heavy (non-hydrogen) atoms. The fraction of sp³-hybridized carbons (Fsp3) is 0.806. The summed E-state index contributed by atoms with van der Waals surface area (Å²) < 4.78 is 73.1. The van der Waals surface area contributed by atoms with Crippen molar-refractivity contribution in [1.29, 1.82) is 0 Å². The van der Waals surface area contributed by atoms with Crippen LogP contribution in [0.25, 0.3) is 0 Å². The van der Waals surface area contributed by atoms with E-state index < -0.39 is 5.41 Å². The van der Waals surface area contributed by atoms with Crippen LogP contribution < -0.4 is 14.2 Å². The zero-order valence-electron chi connectivity index (χ0n) is 31.8. The Hall–Kier alpha value is -2.27. The fourth-order valence-corrected chi connectivity index (χ4v) is 3.72. The largest absolute Gasteiger partial charge is 0.487 e. The number of rotatable bonds is 32. The summed E-state index contributed by atoms with van der Waals surface area (Å²) >= 11 is 0. The van der Waals surface area contributed by atoms with E-state index in [4.69, 9.17) is 61.6 Å². The van der Waals surface area contributed by atoms with Gasteiger partial charge in [0.15, 0.2) is 11.5 Å². The third-order valence-electron chi connectivity index (χ3n) is 6.25. The van der Waals surface area contributed by atoms with Crippen LogP contribution in [0.3, 0.4) is 0 Å². The number of ether oxygens (including phenoxy) is 13. The number of benzene rings is 1. The summed E-state index contributed by atoms with van der Waals surface area (Å²) in [5, 5.41) is 0. The van der Waals surface area contributed by atoms with E-state index in [1.54, 1.807) is 47.1 Å². The average Bonchev–Trinajstić information content (AvgIpc) is 3.06. The molecule has 0 aliphatic carbocycles. The lowest BCUT2D eigenvalue weighted by molar-refractivity contribution is -0.154. The highest BCUT2D eigenvalue weighted by Gasteiger charge is 2.24. The van der Waals surface area contributed by atoms with Gasteiger partial charge in [-0.1, -0.05) is 0 Å². The molecule has 1 aromatic rings. The van der Waals surface area contributed by atoms with Crippen LogP contribution in [0, 0.1) is 5.41 Å². The van der Waals surface area contributed by atoms with Gasteiger partial charge in [-0.05, 0) is 59.2 Å². The zero-order chi connectivity index (χ0) is 36.9. The van der Waals surface area contributed by atoms with Gasteiger partial charge in [-0.3, -0.25) is 4.79 Å². The molecule has 1 aromatic carbocycles. The molecule has 0 radical (unpaired) electrons. The molecule has 0 amide bonds. The second-order valence-electron chi connectivity index (χ2n) is 12.9. The number of methoxy groups -OCH3 is 2. The van der Waals surface area contributed by atoms with E-state index in [0.717, 1.165) is 0 Å². The normalized spacial score (nSPS) is 11.9. The Morgan fingerprint density at radius 2 is 0.860 bits per heavy atom. The Morgan fingerprint density at radius 1 is 0.500 bits per heavy atom. The van der Waals surface area contributed by atoms with Gasteiger partial charge >= 0.3 is 5.97 Å². The second kappa shape index (κ2) is 28.3. The van der Waals surface area contributed by atoms with Crippen LogP contribution in [0.4, 0.5) is 0 Å². The van der Waals surface area contributed by atoms with Crippen molar-refractivity contribution in [3.8, 4) is 17.2 Å². The second-order valence-corrected chi connectivity index (χ2v) is 12.9. The average molecular weight is 721 g/mol. The minimum atomic E-state index is -0.651. The highest BCUT2D eigenvalue weighted by Crippen LogP contribution is 2.39. The SMILES string of the molecule is COCCOCCOCCOc1cc(COC(=O)C(C)(C)C)cc(OCCOCCOCCOC)c1OCCOCCOCCOC(C)(C)C.